The third-order valence-corrected chi connectivity index (χ3v) is 30.0. The van der Waals surface area contributed by atoms with Crippen molar-refractivity contribution in [3.05, 3.63) is 488 Å². The van der Waals surface area contributed by atoms with Gasteiger partial charge in [0.1, 0.15) is 0 Å². The first kappa shape index (κ1) is 69.2. The molecule has 2 aliphatic carbocycles. The normalized spacial score (nSPS) is 14.7. The highest BCUT2D eigenvalue weighted by Gasteiger charge is 2.53. The van der Waals surface area contributed by atoms with Crippen LogP contribution in [0.25, 0.3) is 177 Å². The quantitative estimate of drug-likeness (QED) is 0.0948. The van der Waals surface area contributed by atoms with Crippen LogP contribution >= 0.6 is 0 Å². The summed E-state index contributed by atoms with van der Waals surface area (Å²) in [5.74, 6) is 0. The van der Waals surface area contributed by atoms with Crippen LogP contribution in [0, 0.1) is 0 Å². The third-order valence-electron chi connectivity index (χ3n) is 30.0. The minimum absolute atomic E-state index is 0.00547. The SMILES string of the molecule is [2H]c1c([2H])c([2H])c2c(c1[2H])c1c([2H])c(-c3ccccc3)c([2H])c([2H])c1n2-c1ccc2c(c1)N(c1c(-c3cccc(C(C)(C)C)c3)cc(C(C)(C)C)cc1-c1cccc(C(C)(C)C)c1)c1cc(-c3ccc4c(c3)-c3ccccc3C43c4ccccc4-c4ccccc43)cc3c1B2c1ccc(-n2c4c([2H])c([2H])c([2H])c([2H])c4c4c([2H])c(-c5ccccc5)c([2H])c([2H])c42)cc1N3c1c(-c2ccccc2)cccc1-c1cc2ccccc2c2ccccc12. The molecule has 5 heteroatoms. The number of anilines is 6. The van der Waals surface area contributed by atoms with E-state index in [1.807, 2.05) is 54.6 Å². The van der Waals surface area contributed by atoms with Crippen LogP contribution < -0.4 is 26.2 Å². The Hall–Kier alpha value is -16.6. The number of hydrogen-bond acceptors (Lipinski definition) is 2. The Kier molecular flexibility index (Phi) is 15.4. The summed E-state index contributed by atoms with van der Waals surface area (Å²) in [7, 11) is 0. The fraction of sp³-hybridized carbons (Fsp3) is 0.0963. The Balaban J connectivity index is 0.868. The highest BCUT2D eigenvalue weighted by atomic mass is 15.2. The number of rotatable bonds is 11. The van der Waals surface area contributed by atoms with Crippen LogP contribution in [-0.4, -0.2) is 15.8 Å². The Morgan fingerprint density at radius 2 is 0.650 bits per heavy atom. The molecule has 4 nitrogen and oxygen atoms in total. The average Bonchev–Trinajstić information content (AvgIpc) is 1.46. The van der Waals surface area contributed by atoms with Crippen molar-refractivity contribution >= 4 is 122 Å². The lowest BCUT2D eigenvalue weighted by atomic mass is 9.33. The van der Waals surface area contributed by atoms with E-state index in [9.17, 15) is 19.2 Å². The summed E-state index contributed by atoms with van der Waals surface area (Å²) < 4.78 is 147. The molecule has 0 N–H and O–H groups in total. The fourth-order valence-electron chi connectivity index (χ4n) is 23.4. The van der Waals surface area contributed by atoms with Crippen molar-refractivity contribution in [1.29, 1.82) is 0 Å². The molecule has 4 aliphatic rings. The van der Waals surface area contributed by atoms with Crippen LogP contribution in [-0.2, 0) is 21.7 Å². The highest BCUT2D eigenvalue weighted by molar-refractivity contribution is 7.00. The number of para-hydroxylation sites is 3. The Labute approximate surface area is 838 Å². The predicted molar refractivity (Wildman–Crippen MR) is 595 cm³/mol. The first-order valence-corrected chi connectivity index (χ1v) is 48.4. The molecule has 0 bridgehead atoms. The van der Waals surface area contributed by atoms with Gasteiger partial charge in [0.25, 0.3) is 6.71 Å². The van der Waals surface area contributed by atoms with Gasteiger partial charge in [-0.2, -0.15) is 0 Å². The largest absolute Gasteiger partial charge is 0.310 e. The van der Waals surface area contributed by atoms with Gasteiger partial charge in [0.05, 0.1) is 58.0 Å². The van der Waals surface area contributed by atoms with E-state index in [0.29, 0.717) is 33.9 Å². The summed E-state index contributed by atoms with van der Waals surface area (Å²) >= 11 is 0. The van der Waals surface area contributed by atoms with Gasteiger partial charge < -0.3 is 18.9 Å². The minimum atomic E-state index is -0.859. The zero-order valence-electron chi connectivity index (χ0n) is 93.0. The molecular weight excluding hydrogens is 1690 g/mol. The first-order chi connectivity index (χ1) is 74.2. The molecule has 2 aliphatic heterocycles. The summed E-state index contributed by atoms with van der Waals surface area (Å²) in [4.78, 5) is 4.91. The lowest BCUT2D eigenvalue weighted by molar-refractivity contribution is 0.589. The van der Waals surface area contributed by atoms with E-state index >= 15 is 0 Å². The highest BCUT2D eigenvalue weighted by Crippen LogP contribution is 2.65. The lowest BCUT2D eigenvalue weighted by Gasteiger charge is -2.46. The third kappa shape index (κ3) is 12.6. The van der Waals surface area contributed by atoms with E-state index in [0.717, 1.165) is 155 Å². The number of hydrogen-bond donors (Lipinski definition) is 0. The maximum atomic E-state index is 10.7. The van der Waals surface area contributed by atoms with Gasteiger partial charge in [-0.25, -0.2) is 0 Å². The van der Waals surface area contributed by atoms with Crippen molar-refractivity contribution in [2.24, 2.45) is 0 Å². The molecule has 2 aromatic heterocycles. The summed E-state index contributed by atoms with van der Waals surface area (Å²) in [5.41, 5.74) is 27.7. The molecule has 0 unspecified atom stereocenters. The molecule has 0 saturated carbocycles. The Bertz CT molecular complexity index is 9950. The Morgan fingerprint density at radius 1 is 0.236 bits per heavy atom. The minimum Gasteiger partial charge on any atom is -0.310 e. The van der Waals surface area contributed by atoms with E-state index in [1.54, 1.807) is 33.4 Å². The van der Waals surface area contributed by atoms with Crippen LogP contribution in [0.5, 0.6) is 0 Å². The van der Waals surface area contributed by atoms with E-state index in [1.165, 1.54) is 22.3 Å². The molecule has 4 heterocycles. The molecule has 140 heavy (non-hydrogen) atoms. The van der Waals surface area contributed by atoms with Gasteiger partial charge in [0.2, 0.25) is 0 Å². The molecule has 0 amide bonds. The summed E-state index contributed by atoms with van der Waals surface area (Å²) in [5, 5.41) is 4.28. The maximum absolute atomic E-state index is 10.7. The van der Waals surface area contributed by atoms with Gasteiger partial charge in [0, 0.05) is 77.9 Å². The molecule has 27 rings (SSSR count). The monoisotopic (exact) mass is 1800 g/mol. The summed E-state index contributed by atoms with van der Waals surface area (Å²) in [6, 6.07) is 123. The number of fused-ring (bicyclic) bond motifs is 23. The molecule has 0 atom stereocenters. The molecule has 1 spiro atoms. The van der Waals surface area contributed by atoms with Crippen LogP contribution in [0.3, 0.4) is 0 Å². The topological polar surface area (TPSA) is 16.3 Å². The predicted octanol–water partition coefficient (Wildman–Crippen LogP) is 34.2. The van der Waals surface area contributed by atoms with Crippen LogP contribution in [0.1, 0.15) is 120 Å². The van der Waals surface area contributed by atoms with E-state index in [-0.39, 0.29) is 102 Å². The van der Waals surface area contributed by atoms with Gasteiger partial charge >= 0.3 is 0 Å². The van der Waals surface area contributed by atoms with Gasteiger partial charge in [-0.15, -0.1) is 0 Å². The van der Waals surface area contributed by atoms with Crippen molar-refractivity contribution in [2.45, 2.75) is 84.0 Å². The van der Waals surface area contributed by atoms with Crippen molar-refractivity contribution in [1.82, 2.24) is 9.13 Å². The molecule has 21 aromatic carbocycles. The molecule has 664 valence electrons. The molecule has 0 saturated heterocycles. The second-order valence-corrected chi connectivity index (χ2v) is 41.1. The van der Waals surface area contributed by atoms with Crippen LogP contribution in [0.15, 0.2) is 449 Å². The standard InChI is InChI=1S/C135H101BN4/c1-132(2,3)94-45-33-43-90(72-94)109-80-96(134(7,8)9)81-110(91-44-34-46-95(73-91)133(4,5)6)131(109)140-126-83-98(138-122-61-32-27-54-107(122)114-76-88(64-71-124(114)138)85-38-15-11-16-39-85)66-69-120(126)136-119-68-65-97(137-121-60-31-26-53-106(121)113-75-87(63-70-123(113)137)84-36-13-10-14-37-84)82-125(119)139(130-100(86-40-17-12-18-41-86)55-35-56-108(130)111-77-92-42-19-20-47-99(92)101-48-21-22-49-102(101)111)127-78-93(79-128(140)129(127)136)89-62-67-118-112(74-89)105-52-25-30-59-117(105)135(118)115-57-28-23-50-103(115)104-51-24-29-58-116(104)135/h10-83H,1-9H3/i26D,27D,31D,32D,53D,54D,60D,61D,63D,64D,70D,71D,75D,76D. The second-order valence-electron chi connectivity index (χ2n) is 41.1. The first-order valence-electron chi connectivity index (χ1n) is 55.4. The average molecular weight is 1800 g/mol. The number of nitrogens with zero attached hydrogens (tertiary/aromatic N) is 4. The van der Waals surface area contributed by atoms with Crippen molar-refractivity contribution < 1.29 is 19.2 Å². The van der Waals surface area contributed by atoms with Gasteiger partial charge in [-0.1, -0.05) is 414 Å². The van der Waals surface area contributed by atoms with E-state index in [4.69, 9.17) is 0 Å². The smallest absolute Gasteiger partial charge is 0.252 e. The zero-order chi connectivity index (χ0) is 106. The molecule has 0 fully saturated rings. The van der Waals surface area contributed by atoms with Gasteiger partial charge in [-0.05, 0) is 268 Å². The van der Waals surface area contributed by atoms with Crippen LogP contribution in [0.4, 0.5) is 34.1 Å². The van der Waals surface area contributed by atoms with Crippen molar-refractivity contribution in [2.75, 3.05) is 9.80 Å². The number of benzene rings is 21. The Morgan fingerprint density at radius 3 is 1.17 bits per heavy atom. The number of aromatic nitrogens is 2. The van der Waals surface area contributed by atoms with Crippen molar-refractivity contribution in [3.63, 3.8) is 0 Å². The van der Waals surface area contributed by atoms with Crippen molar-refractivity contribution in [3.8, 4) is 112 Å². The lowest BCUT2D eigenvalue weighted by Crippen LogP contribution is -2.61. The second kappa shape index (κ2) is 31.2. The maximum Gasteiger partial charge on any atom is 0.252 e. The molecule has 0 radical (unpaired) electrons. The van der Waals surface area contributed by atoms with Gasteiger partial charge in [-0.3, -0.25) is 0 Å². The zero-order valence-corrected chi connectivity index (χ0v) is 79.0. The van der Waals surface area contributed by atoms with E-state index < -0.39 is 65.9 Å². The molecule has 23 aromatic rings. The fourth-order valence-corrected chi connectivity index (χ4v) is 23.4. The van der Waals surface area contributed by atoms with Crippen LogP contribution in [0.2, 0.25) is 0 Å². The summed E-state index contributed by atoms with van der Waals surface area (Å²) in [6.07, 6.45) is 0. The van der Waals surface area contributed by atoms with Gasteiger partial charge in [0.15, 0.2) is 0 Å². The summed E-state index contributed by atoms with van der Waals surface area (Å²) in [6.45, 7) is 19.4. The van der Waals surface area contributed by atoms with E-state index in [2.05, 4.69) is 357 Å². The molecular formula is C135H101BN4.